The number of rotatable bonds is 3. The quantitative estimate of drug-likeness (QED) is 0.860. The minimum absolute atomic E-state index is 0.0616. The first-order valence-corrected chi connectivity index (χ1v) is 6.62. The molecule has 0 aliphatic rings. The molecule has 5 heteroatoms. The van der Waals surface area contributed by atoms with Gasteiger partial charge in [0.1, 0.15) is 5.76 Å². The van der Waals surface area contributed by atoms with E-state index in [1.165, 1.54) is 0 Å². The Morgan fingerprint density at radius 3 is 2.72 bits per heavy atom. The number of aromatic nitrogens is 1. The van der Waals surface area contributed by atoms with Crippen molar-refractivity contribution in [2.75, 3.05) is 5.32 Å². The Bertz CT molecular complexity index is 559. The van der Waals surface area contributed by atoms with Crippen molar-refractivity contribution >= 4 is 34.2 Å². The summed E-state index contributed by atoms with van der Waals surface area (Å²) in [5.41, 5.74) is 2.46. The maximum atomic E-state index is 12.0. The summed E-state index contributed by atoms with van der Waals surface area (Å²) in [4.78, 5) is 12.0. The van der Waals surface area contributed by atoms with Gasteiger partial charge in [-0.2, -0.15) is 0 Å². The summed E-state index contributed by atoms with van der Waals surface area (Å²) >= 11 is 2.19. The third kappa shape index (κ3) is 2.90. The molecule has 94 valence electrons. The number of carbonyl (C=O) groups excluding carboxylic acids is 1. The van der Waals surface area contributed by atoms with Crippen molar-refractivity contribution in [2.24, 2.45) is 0 Å². The first kappa shape index (κ1) is 13.1. The van der Waals surface area contributed by atoms with Gasteiger partial charge in [-0.05, 0) is 48.6 Å². The number of benzene rings is 1. The Labute approximate surface area is 119 Å². The van der Waals surface area contributed by atoms with Crippen LogP contribution in [0, 0.1) is 17.4 Å². The van der Waals surface area contributed by atoms with Gasteiger partial charge >= 0.3 is 0 Å². The number of halogens is 1. The van der Waals surface area contributed by atoms with E-state index in [1.54, 1.807) is 0 Å². The van der Waals surface area contributed by atoms with Crippen LogP contribution in [0.2, 0.25) is 0 Å². The zero-order chi connectivity index (χ0) is 13.1. The van der Waals surface area contributed by atoms with Gasteiger partial charge < -0.3 is 9.84 Å². The normalized spacial score (nSPS) is 10.4. The van der Waals surface area contributed by atoms with Crippen LogP contribution in [-0.2, 0) is 11.2 Å². The Hall–Kier alpha value is -1.37. The highest BCUT2D eigenvalue weighted by Gasteiger charge is 2.13. The largest absolute Gasteiger partial charge is 0.361 e. The molecule has 0 saturated carbocycles. The van der Waals surface area contributed by atoms with Crippen molar-refractivity contribution in [3.63, 3.8) is 0 Å². The van der Waals surface area contributed by atoms with Crippen LogP contribution in [0.1, 0.15) is 17.0 Å². The first-order valence-electron chi connectivity index (χ1n) is 5.54. The second-order valence-electron chi connectivity index (χ2n) is 4.01. The molecule has 0 unspecified atom stereocenters. The number of nitrogens with one attached hydrogen (secondary N) is 1. The Kier molecular flexibility index (Phi) is 4.00. The fourth-order valence-corrected chi connectivity index (χ4v) is 2.19. The number of hydrogen-bond donors (Lipinski definition) is 1. The van der Waals surface area contributed by atoms with Gasteiger partial charge in [0.05, 0.1) is 17.8 Å². The van der Waals surface area contributed by atoms with E-state index in [4.69, 9.17) is 4.52 Å². The van der Waals surface area contributed by atoms with E-state index in [9.17, 15) is 4.79 Å². The topological polar surface area (TPSA) is 55.1 Å². The van der Waals surface area contributed by atoms with Crippen molar-refractivity contribution in [1.82, 2.24) is 5.16 Å². The molecule has 0 saturated heterocycles. The molecule has 1 heterocycles. The van der Waals surface area contributed by atoms with E-state index >= 15 is 0 Å². The molecule has 0 fully saturated rings. The van der Waals surface area contributed by atoms with Crippen LogP contribution in [0.5, 0.6) is 0 Å². The van der Waals surface area contributed by atoms with Crippen molar-refractivity contribution in [3.8, 4) is 0 Å². The highest BCUT2D eigenvalue weighted by molar-refractivity contribution is 14.1. The molecule has 2 aromatic rings. The number of para-hydroxylation sites is 1. The van der Waals surface area contributed by atoms with E-state index in [-0.39, 0.29) is 12.3 Å². The fourth-order valence-electron chi connectivity index (χ4n) is 1.67. The molecule has 4 nitrogen and oxygen atoms in total. The number of carbonyl (C=O) groups is 1. The summed E-state index contributed by atoms with van der Waals surface area (Å²) in [6.45, 7) is 3.65. The zero-order valence-electron chi connectivity index (χ0n) is 10.2. The SMILES string of the molecule is Cc1noc(C)c1CC(=O)Nc1ccccc1I. The summed E-state index contributed by atoms with van der Waals surface area (Å²) in [5.74, 6) is 0.638. The average molecular weight is 356 g/mol. The van der Waals surface area contributed by atoms with Crippen LogP contribution in [0.25, 0.3) is 0 Å². The predicted molar refractivity (Wildman–Crippen MR) is 77.5 cm³/mol. The minimum Gasteiger partial charge on any atom is -0.361 e. The van der Waals surface area contributed by atoms with Crippen molar-refractivity contribution < 1.29 is 9.32 Å². The lowest BCUT2D eigenvalue weighted by Gasteiger charge is -2.06. The maximum absolute atomic E-state index is 12.0. The monoisotopic (exact) mass is 356 g/mol. The van der Waals surface area contributed by atoms with Crippen molar-refractivity contribution in [1.29, 1.82) is 0 Å². The summed E-state index contributed by atoms with van der Waals surface area (Å²) in [7, 11) is 0. The van der Waals surface area contributed by atoms with Gasteiger partial charge in [-0.25, -0.2) is 0 Å². The first-order chi connectivity index (χ1) is 8.58. The second kappa shape index (κ2) is 5.51. The van der Waals surface area contributed by atoms with E-state index in [0.29, 0.717) is 5.76 Å². The predicted octanol–water partition coefficient (Wildman–Crippen LogP) is 3.08. The van der Waals surface area contributed by atoms with E-state index in [2.05, 4.69) is 33.1 Å². The molecular formula is C13H13IN2O2. The van der Waals surface area contributed by atoms with Gasteiger partial charge in [0.25, 0.3) is 0 Å². The van der Waals surface area contributed by atoms with Crippen LogP contribution in [-0.4, -0.2) is 11.1 Å². The number of hydrogen-bond acceptors (Lipinski definition) is 3. The molecule has 0 aliphatic heterocycles. The Balaban J connectivity index is 2.08. The molecule has 0 atom stereocenters. The average Bonchev–Trinajstić information content (AvgIpc) is 2.64. The highest BCUT2D eigenvalue weighted by atomic mass is 127. The Morgan fingerprint density at radius 2 is 2.11 bits per heavy atom. The fraction of sp³-hybridized carbons (Fsp3) is 0.231. The van der Waals surface area contributed by atoms with Crippen molar-refractivity contribution in [2.45, 2.75) is 20.3 Å². The van der Waals surface area contributed by atoms with E-state index in [1.807, 2.05) is 38.1 Å². The van der Waals surface area contributed by atoms with Crippen LogP contribution in [0.3, 0.4) is 0 Å². The molecule has 1 aromatic carbocycles. The standard InChI is InChI=1S/C13H13IN2O2/c1-8-10(9(2)18-16-8)7-13(17)15-12-6-4-3-5-11(12)14/h3-6H,7H2,1-2H3,(H,15,17). The van der Waals surface area contributed by atoms with Crippen LogP contribution in [0.4, 0.5) is 5.69 Å². The van der Waals surface area contributed by atoms with Crippen molar-refractivity contribution in [3.05, 3.63) is 44.9 Å². The smallest absolute Gasteiger partial charge is 0.229 e. The van der Waals surface area contributed by atoms with Crippen LogP contribution >= 0.6 is 22.6 Å². The molecule has 18 heavy (non-hydrogen) atoms. The molecule has 1 N–H and O–H groups in total. The molecule has 1 amide bonds. The summed E-state index contributed by atoms with van der Waals surface area (Å²) in [6, 6.07) is 7.67. The molecule has 0 bridgehead atoms. The molecule has 2 rings (SSSR count). The summed E-state index contributed by atoms with van der Waals surface area (Å²) in [6.07, 6.45) is 0.284. The number of amides is 1. The lowest BCUT2D eigenvalue weighted by atomic mass is 10.1. The van der Waals surface area contributed by atoms with Gasteiger partial charge in [-0.15, -0.1) is 0 Å². The number of aryl methyl sites for hydroxylation is 2. The number of anilines is 1. The van der Waals surface area contributed by atoms with Gasteiger partial charge in [0.15, 0.2) is 0 Å². The number of nitrogens with zero attached hydrogens (tertiary/aromatic N) is 1. The molecule has 0 radical (unpaired) electrons. The van der Waals surface area contributed by atoms with Gasteiger partial charge in [0, 0.05) is 9.13 Å². The Morgan fingerprint density at radius 1 is 1.39 bits per heavy atom. The summed E-state index contributed by atoms with van der Waals surface area (Å²) < 4.78 is 6.05. The minimum atomic E-state index is -0.0616. The lowest BCUT2D eigenvalue weighted by molar-refractivity contribution is -0.115. The molecule has 0 spiro atoms. The van der Waals surface area contributed by atoms with Gasteiger partial charge in [0.2, 0.25) is 5.91 Å². The maximum Gasteiger partial charge on any atom is 0.229 e. The molecule has 1 aromatic heterocycles. The summed E-state index contributed by atoms with van der Waals surface area (Å²) in [5, 5.41) is 6.72. The van der Waals surface area contributed by atoms with Gasteiger partial charge in [-0.1, -0.05) is 17.3 Å². The van der Waals surface area contributed by atoms with E-state index < -0.39 is 0 Å². The second-order valence-corrected chi connectivity index (χ2v) is 5.17. The van der Waals surface area contributed by atoms with E-state index in [0.717, 1.165) is 20.5 Å². The molecular weight excluding hydrogens is 343 g/mol. The molecule has 0 aliphatic carbocycles. The van der Waals surface area contributed by atoms with Gasteiger partial charge in [-0.3, -0.25) is 4.79 Å². The van der Waals surface area contributed by atoms with Crippen LogP contribution < -0.4 is 5.32 Å². The third-order valence-electron chi connectivity index (χ3n) is 2.67. The lowest BCUT2D eigenvalue weighted by Crippen LogP contribution is -2.15. The third-order valence-corrected chi connectivity index (χ3v) is 3.61. The zero-order valence-corrected chi connectivity index (χ0v) is 12.3. The van der Waals surface area contributed by atoms with Crippen LogP contribution in [0.15, 0.2) is 28.8 Å². The highest BCUT2D eigenvalue weighted by Crippen LogP contribution is 2.18.